The molecule has 1 aromatic rings. The quantitative estimate of drug-likeness (QED) is 0.374. The van der Waals surface area contributed by atoms with Gasteiger partial charge in [-0.25, -0.2) is 0 Å². The molecule has 4 aliphatic carbocycles. The average Bonchev–Trinajstić information content (AvgIpc) is 3.53. The Morgan fingerprint density at radius 3 is 2.78 bits per heavy atom. The molecule has 2 saturated carbocycles. The predicted octanol–water partition coefficient (Wildman–Crippen LogP) is 0.284. The number of likely N-dealkylation sites (tertiary alicyclic amines) is 1. The Balaban J connectivity index is 1.26. The normalized spacial score (nSPS) is 38.8. The van der Waals surface area contributed by atoms with E-state index < -0.39 is 40.7 Å². The van der Waals surface area contributed by atoms with Gasteiger partial charge in [-0.15, -0.1) is 0 Å². The van der Waals surface area contributed by atoms with Gasteiger partial charge >= 0.3 is 0 Å². The van der Waals surface area contributed by atoms with Crippen molar-refractivity contribution in [2.24, 2.45) is 17.6 Å². The van der Waals surface area contributed by atoms with Crippen LogP contribution in [0.2, 0.25) is 0 Å². The number of aromatic hydroxyl groups is 1. The second-order valence-electron chi connectivity index (χ2n) is 12.2. The molecule has 6 N–H and O–H groups in total. The summed E-state index contributed by atoms with van der Waals surface area (Å²) in [5.41, 5.74) is 7.40. The van der Waals surface area contributed by atoms with Crippen LogP contribution in [0, 0.1) is 11.8 Å². The van der Waals surface area contributed by atoms with Gasteiger partial charge in [0.15, 0.2) is 0 Å². The van der Waals surface area contributed by atoms with Crippen molar-refractivity contribution >= 4 is 17.7 Å². The van der Waals surface area contributed by atoms with Crippen LogP contribution >= 0.6 is 0 Å². The van der Waals surface area contributed by atoms with E-state index in [0.717, 1.165) is 36.3 Å². The minimum absolute atomic E-state index is 0.0171. The molecule has 0 radical (unpaired) electrons. The Labute approximate surface area is 209 Å². The highest BCUT2D eigenvalue weighted by Crippen LogP contribution is 2.74. The fourth-order valence-electron chi connectivity index (χ4n) is 8.40. The molecule has 2 bridgehead atoms. The molecule has 2 heterocycles. The van der Waals surface area contributed by atoms with E-state index in [1.54, 1.807) is 6.07 Å². The Morgan fingerprint density at radius 1 is 1.28 bits per heavy atom. The zero-order valence-electron chi connectivity index (χ0n) is 20.3. The topological polar surface area (TPSA) is 145 Å². The minimum Gasteiger partial charge on any atom is -0.508 e. The van der Waals surface area contributed by atoms with Crippen molar-refractivity contribution in [1.29, 1.82) is 0 Å². The molecule has 6 aliphatic rings. The van der Waals surface area contributed by atoms with Gasteiger partial charge < -0.3 is 26.6 Å². The molecule has 190 valence electrons. The van der Waals surface area contributed by atoms with Crippen molar-refractivity contribution in [2.75, 3.05) is 13.1 Å². The van der Waals surface area contributed by atoms with Gasteiger partial charge in [0.1, 0.15) is 17.7 Å². The van der Waals surface area contributed by atoms with E-state index in [1.807, 2.05) is 12.1 Å². The number of carbonyl (C=O) groups is 3. The molecule has 2 spiro atoms. The molecule has 1 saturated heterocycles. The van der Waals surface area contributed by atoms with Crippen molar-refractivity contribution in [1.82, 2.24) is 15.5 Å². The number of hydrogen-bond acceptors (Lipinski definition) is 6. The number of phenols is 1. The molecule has 4 unspecified atom stereocenters. The molecular weight excluding hydrogens is 460 g/mol. The van der Waals surface area contributed by atoms with Crippen LogP contribution in [0.15, 0.2) is 29.5 Å². The van der Waals surface area contributed by atoms with Crippen LogP contribution in [0.3, 0.4) is 0 Å². The largest absolute Gasteiger partial charge is 0.508 e. The van der Waals surface area contributed by atoms with Gasteiger partial charge in [0.2, 0.25) is 17.7 Å². The number of fused-ring (bicyclic) bond motifs is 2. The number of amides is 3. The first-order valence-electron chi connectivity index (χ1n) is 13.0. The smallest absolute Gasteiger partial charge is 0.239 e. The summed E-state index contributed by atoms with van der Waals surface area (Å²) in [5.74, 6) is -1.68. The minimum atomic E-state index is -1.05. The molecular formula is C27H32N4O5. The number of nitrogens with one attached hydrogen (secondary N) is 2. The molecule has 2 aliphatic heterocycles. The van der Waals surface area contributed by atoms with Crippen LogP contribution in [0.4, 0.5) is 0 Å². The highest BCUT2D eigenvalue weighted by Gasteiger charge is 2.81. The lowest BCUT2D eigenvalue weighted by Gasteiger charge is -2.63. The molecule has 7 rings (SSSR count). The number of allylic oxidation sites excluding steroid dienone is 1. The van der Waals surface area contributed by atoms with E-state index in [-0.39, 0.29) is 23.6 Å². The Morgan fingerprint density at radius 2 is 2.06 bits per heavy atom. The molecule has 9 nitrogen and oxygen atoms in total. The maximum absolute atomic E-state index is 13.0. The molecule has 3 fully saturated rings. The summed E-state index contributed by atoms with van der Waals surface area (Å²) in [5, 5.41) is 28.5. The van der Waals surface area contributed by atoms with Gasteiger partial charge in [-0.2, -0.15) is 0 Å². The van der Waals surface area contributed by atoms with Gasteiger partial charge in [-0.3, -0.25) is 19.3 Å². The third-order valence-corrected chi connectivity index (χ3v) is 10.0. The van der Waals surface area contributed by atoms with Gasteiger partial charge in [-0.1, -0.05) is 6.07 Å². The van der Waals surface area contributed by atoms with Gasteiger partial charge in [0.05, 0.1) is 11.6 Å². The van der Waals surface area contributed by atoms with E-state index in [9.17, 15) is 24.6 Å². The maximum atomic E-state index is 13.0. The first-order valence-corrected chi connectivity index (χ1v) is 13.0. The van der Waals surface area contributed by atoms with Crippen LogP contribution in [0.5, 0.6) is 5.75 Å². The summed E-state index contributed by atoms with van der Waals surface area (Å²) in [7, 11) is 0. The van der Waals surface area contributed by atoms with Crippen molar-refractivity contribution < 1.29 is 24.6 Å². The van der Waals surface area contributed by atoms with E-state index in [1.165, 1.54) is 25.3 Å². The van der Waals surface area contributed by atoms with Gasteiger partial charge in [-0.05, 0) is 67.4 Å². The van der Waals surface area contributed by atoms with Gasteiger partial charge in [0, 0.05) is 42.5 Å². The highest BCUT2D eigenvalue weighted by molar-refractivity contribution is 6.03. The Bertz CT molecular complexity index is 1270. The first kappa shape index (κ1) is 22.3. The molecule has 6 atom stereocenters. The third-order valence-electron chi connectivity index (χ3n) is 10.0. The fourth-order valence-corrected chi connectivity index (χ4v) is 8.40. The monoisotopic (exact) mass is 492 g/mol. The number of hydrogen-bond donors (Lipinski definition) is 5. The number of primary amides is 1. The highest BCUT2D eigenvalue weighted by atomic mass is 16.3. The zero-order valence-corrected chi connectivity index (χ0v) is 20.3. The standard InChI is InChI=1S/C27H32N4O5/c1-13(21(28)33)29-22(34)17-6-15-8-27(36)24-25(12-31(24)10-14-2-3-14)11-26(27,9-20(15)30-23(17)35)19-7-16(32)4-5-18(19)25/h4-5,7,13-14,17,24,32,36H,2-3,6,8-12H2,1H3,(H2,28,33)(H,29,34)(H,30,35)/t13-,17?,24?,25-,26?,27?/m0/s1. The van der Waals surface area contributed by atoms with Crippen molar-refractivity contribution in [2.45, 2.75) is 74.0 Å². The van der Waals surface area contributed by atoms with Crippen molar-refractivity contribution in [3.05, 3.63) is 40.6 Å². The number of aliphatic hydroxyl groups is 1. The van der Waals surface area contributed by atoms with E-state index in [2.05, 4.69) is 15.5 Å². The summed E-state index contributed by atoms with van der Waals surface area (Å²) < 4.78 is 0. The second kappa shape index (κ2) is 6.89. The molecule has 1 aromatic carbocycles. The van der Waals surface area contributed by atoms with Gasteiger partial charge in [0.25, 0.3) is 0 Å². The lowest BCUT2D eigenvalue weighted by molar-refractivity contribution is -0.143. The van der Waals surface area contributed by atoms with Crippen molar-refractivity contribution in [3.63, 3.8) is 0 Å². The SMILES string of the molecule is C[C@H](NC(=O)C1CC2=C(CC34C[C@]5(CN(CC6CC6)C5C3(O)C2)c2ccc(O)cc24)NC1=O)C(N)=O. The van der Waals surface area contributed by atoms with E-state index >= 15 is 0 Å². The van der Waals surface area contributed by atoms with Crippen molar-refractivity contribution in [3.8, 4) is 5.75 Å². The number of nitrogens with two attached hydrogens (primary N) is 1. The molecule has 0 aromatic heterocycles. The molecule has 36 heavy (non-hydrogen) atoms. The van der Waals surface area contributed by atoms with Crippen LogP contribution in [0.25, 0.3) is 0 Å². The van der Waals surface area contributed by atoms with Crippen LogP contribution in [0.1, 0.15) is 56.6 Å². The number of carbonyl (C=O) groups excluding carboxylic acids is 3. The maximum Gasteiger partial charge on any atom is 0.239 e. The lowest BCUT2D eigenvalue weighted by atomic mass is 9.54. The first-order chi connectivity index (χ1) is 17.1. The van der Waals surface area contributed by atoms with E-state index in [4.69, 9.17) is 5.73 Å². The Hall–Kier alpha value is -2.91. The summed E-state index contributed by atoms with van der Waals surface area (Å²) >= 11 is 0. The molecule has 3 amide bonds. The average molecular weight is 493 g/mol. The summed E-state index contributed by atoms with van der Waals surface area (Å²) in [6, 6.07) is 4.70. The van der Waals surface area contributed by atoms with E-state index in [0.29, 0.717) is 18.8 Å². The summed E-state index contributed by atoms with van der Waals surface area (Å²) in [4.78, 5) is 39.7. The second-order valence-corrected chi connectivity index (χ2v) is 12.2. The molecule has 9 heteroatoms. The number of nitrogens with zero attached hydrogens (tertiary/aromatic N) is 1. The lowest BCUT2D eigenvalue weighted by Crippen LogP contribution is -2.75. The van der Waals surface area contributed by atoms with Crippen LogP contribution in [-0.4, -0.2) is 63.6 Å². The number of benzene rings is 1. The fraction of sp³-hybridized carbons (Fsp3) is 0.593. The Kier molecular flexibility index (Phi) is 4.27. The third kappa shape index (κ3) is 2.65. The number of rotatable bonds is 5. The summed E-state index contributed by atoms with van der Waals surface area (Å²) in [6.45, 7) is 3.39. The summed E-state index contributed by atoms with van der Waals surface area (Å²) in [6.07, 6.45) is 4.35. The number of phenolic OH excluding ortho intramolecular Hbond substituents is 1. The van der Waals surface area contributed by atoms with Crippen LogP contribution < -0.4 is 16.4 Å². The van der Waals surface area contributed by atoms with Crippen LogP contribution in [-0.2, 0) is 25.2 Å². The zero-order chi connectivity index (χ0) is 25.2. The predicted molar refractivity (Wildman–Crippen MR) is 128 cm³/mol.